The van der Waals surface area contributed by atoms with E-state index < -0.39 is 5.91 Å². The largest absolute Gasteiger partial charge is 0.504 e. The van der Waals surface area contributed by atoms with Gasteiger partial charge in [0.1, 0.15) is 23.0 Å². The molecular formula is C23H18FN3O3S2. The van der Waals surface area contributed by atoms with E-state index in [9.17, 15) is 14.3 Å². The molecule has 0 unspecified atom stereocenters. The first kappa shape index (κ1) is 20.5. The molecule has 32 heavy (non-hydrogen) atoms. The van der Waals surface area contributed by atoms with E-state index in [0.717, 1.165) is 20.9 Å². The molecule has 5 rings (SSSR count). The monoisotopic (exact) mass is 467 g/mol. The van der Waals surface area contributed by atoms with E-state index in [4.69, 9.17) is 4.42 Å². The molecule has 6 nitrogen and oxygen atoms in total. The lowest BCUT2D eigenvalue weighted by Crippen LogP contribution is -2.31. The maximum Gasteiger partial charge on any atom is 0.277 e. The number of fused-ring (bicyclic) bond motifs is 1. The smallest absolute Gasteiger partial charge is 0.277 e. The van der Waals surface area contributed by atoms with Gasteiger partial charge in [-0.05, 0) is 55.0 Å². The Bertz CT molecular complexity index is 1350. The van der Waals surface area contributed by atoms with Crippen LogP contribution in [-0.2, 0) is 11.3 Å². The van der Waals surface area contributed by atoms with Gasteiger partial charge < -0.3 is 14.4 Å². The van der Waals surface area contributed by atoms with Gasteiger partial charge in [0.2, 0.25) is 0 Å². The highest BCUT2D eigenvalue weighted by Crippen LogP contribution is 2.36. The first-order valence-electron chi connectivity index (χ1n) is 9.76. The molecule has 0 aliphatic carbocycles. The second-order valence-electron chi connectivity index (χ2n) is 7.43. The molecule has 0 atom stereocenters. The summed E-state index contributed by atoms with van der Waals surface area (Å²) in [5.41, 5.74) is 2.56. The average Bonchev–Trinajstić information content (AvgIpc) is 3.48. The summed E-state index contributed by atoms with van der Waals surface area (Å²) >= 11 is 2.73. The molecule has 1 aromatic carbocycles. The van der Waals surface area contributed by atoms with Gasteiger partial charge in [-0.25, -0.2) is 9.37 Å². The Kier molecular flexibility index (Phi) is 5.07. The lowest BCUT2D eigenvalue weighted by molar-refractivity contribution is -0.114. The van der Waals surface area contributed by atoms with E-state index in [0.29, 0.717) is 28.9 Å². The quantitative estimate of drug-likeness (QED) is 0.391. The van der Waals surface area contributed by atoms with Gasteiger partial charge >= 0.3 is 0 Å². The number of benzene rings is 1. The van der Waals surface area contributed by atoms with Gasteiger partial charge in [-0.15, -0.1) is 22.7 Å². The molecule has 9 heteroatoms. The zero-order valence-corrected chi connectivity index (χ0v) is 18.8. The predicted octanol–water partition coefficient (Wildman–Crippen LogP) is 5.89. The van der Waals surface area contributed by atoms with Crippen molar-refractivity contribution in [3.8, 4) is 22.8 Å². The van der Waals surface area contributed by atoms with Crippen LogP contribution in [-0.4, -0.2) is 27.9 Å². The number of hydrogen-bond acceptors (Lipinski definition) is 7. The maximum absolute atomic E-state index is 13.1. The number of aliphatic hydroxyl groups excluding tert-OH is 1. The Hall–Kier alpha value is -3.43. The summed E-state index contributed by atoms with van der Waals surface area (Å²) in [7, 11) is 1.77. The van der Waals surface area contributed by atoms with E-state index >= 15 is 0 Å². The minimum absolute atomic E-state index is 0.0175. The lowest BCUT2D eigenvalue weighted by atomic mass is 10.1. The van der Waals surface area contributed by atoms with Crippen LogP contribution in [0.25, 0.3) is 28.5 Å². The SMILES string of the molecule is Cc1cc2c(s1)C(O)=C(C(=O)Nc1nc(-c3ccc(-c4ccc(F)cc4)o3)cs1)N(C)C2. The van der Waals surface area contributed by atoms with Crippen molar-refractivity contribution in [2.24, 2.45) is 0 Å². The van der Waals surface area contributed by atoms with Gasteiger partial charge in [-0.3, -0.25) is 10.1 Å². The third-order valence-corrected chi connectivity index (χ3v) is 6.94. The van der Waals surface area contributed by atoms with Crippen molar-refractivity contribution < 1.29 is 18.7 Å². The summed E-state index contributed by atoms with van der Waals surface area (Å²) in [6, 6.07) is 11.6. The number of halogens is 1. The number of thiazole rings is 1. The number of aliphatic hydroxyl groups is 1. The minimum atomic E-state index is -0.422. The second kappa shape index (κ2) is 7.92. The Morgan fingerprint density at radius 3 is 2.75 bits per heavy atom. The van der Waals surface area contributed by atoms with Crippen molar-refractivity contribution >= 4 is 39.5 Å². The van der Waals surface area contributed by atoms with Crippen molar-refractivity contribution in [3.05, 3.63) is 74.7 Å². The third-order valence-electron chi connectivity index (χ3n) is 5.09. The van der Waals surface area contributed by atoms with E-state index in [2.05, 4.69) is 10.3 Å². The summed E-state index contributed by atoms with van der Waals surface area (Å²) < 4.78 is 19.0. The van der Waals surface area contributed by atoms with Crippen LogP contribution in [0.3, 0.4) is 0 Å². The number of furan rings is 1. The molecule has 0 radical (unpaired) electrons. The van der Waals surface area contributed by atoms with Gasteiger partial charge in [0.15, 0.2) is 16.7 Å². The van der Waals surface area contributed by atoms with Crippen molar-refractivity contribution in [3.63, 3.8) is 0 Å². The normalized spacial score (nSPS) is 13.4. The molecule has 1 aliphatic rings. The number of carbonyl (C=O) groups excluding carboxylic acids is 1. The molecular weight excluding hydrogens is 449 g/mol. The van der Waals surface area contributed by atoms with Gasteiger partial charge in [0.25, 0.3) is 5.91 Å². The Morgan fingerprint density at radius 2 is 1.97 bits per heavy atom. The summed E-state index contributed by atoms with van der Waals surface area (Å²) in [6.45, 7) is 2.53. The summed E-state index contributed by atoms with van der Waals surface area (Å²) in [6.07, 6.45) is 0. The highest BCUT2D eigenvalue weighted by atomic mass is 32.1. The first-order valence-corrected chi connectivity index (χ1v) is 11.5. The molecule has 0 bridgehead atoms. The van der Waals surface area contributed by atoms with Gasteiger partial charge in [0, 0.05) is 29.4 Å². The summed E-state index contributed by atoms with van der Waals surface area (Å²) in [5.74, 6) is 0.386. The number of nitrogens with one attached hydrogen (secondary N) is 1. The number of thiophene rings is 1. The van der Waals surface area contributed by atoms with Crippen molar-refractivity contribution in [1.82, 2.24) is 9.88 Å². The minimum Gasteiger partial charge on any atom is -0.504 e. The van der Waals surface area contributed by atoms with E-state index in [1.807, 2.05) is 13.0 Å². The molecule has 0 fully saturated rings. The topological polar surface area (TPSA) is 78.6 Å². The van der Waals surface area contributed by atoms with Gasteiger partial charge in [0.05, 0.1) is 4.88 Å². The Labute approximate surface area is 191 Å². The van der Waals surface area contributed by atoms with Crippen molar-refractivity contribution in [2.75, 3.05) is 12.4 Å². The molecule has 4 heterocycles. The van der Waals surface area contributed by atoms with Crippen molar-refractivity contribution in [1.29, 1.82) is 0 Å². The molecule has 1 aliphatic heterocycles. The highest BCUT2D eigenvalue weighted by molar-refractivity contribution is 7.14. The van der Waals surface area contributed by atoms with Crippen LogP contribution in [0.2, 0.25) is 0 Å². The molecule has 0 saturated carbocycles. The van der Waals surface area contributed by atoms with Crippen LogP contribution in [0.1, 0.15) is 15.3 Å². The molecule has 0 spiro atoms. The zero-order valence-electron chi connectivity index (χ0n) is 17.2. The fourth-order valence-electron chi connectivity index (χ4n) is 3.63. The molecule has 3 aromatic heterocycles. The fourth-order valence-corrected chi connectivity index (χ4v) is 5.30. The standard InChI is InChI=1S/C23H18FN3O3S2/c1-12-9-14-10-27(2)19(20(28)21(14)32-12)22(29)26-23-25-16(11-31-23)18-8-7-17(30-18)13-3-5-15(24)6-4-13/h3-9,11,28H,10H2,1-2H3,(H,25,26,29). The van der Waals surface area contributed by atoms with Crippen molar-refractivity contribution in [2.45, 2.75) is 13.5 Å². The van der Waals surface area contributed by atoms with Crippen LogP contribution >= 0.6 is 22.7 Å². The average molecular weight is 468 g/mol. The number of amides is 1. The third kappa shape index (κ3) is 3.69. The second-order valence-corrected chi connectivity index (χ2v) is 9.54. The predicted molar refractivity (Wildman–Crippen MR) is 124 cm³/mol. The molecule has 2 N–H and O–H groups in total. The van der Waals surface area contributed by atoms with Gasteiger partial charge in [-0.1, -0.05) is 0 Å². The van der Waals surface area contributed by atoms with Crippen LogP contribution in [0.15, 0.2) is 58.0 Å². The van der Waals surface area contributed by atoms with Gasteiger partial charge in [-0.2, -0.15) is 0 Å². The number of aryl methyl sites for hydroxylation is 1. The fraction of sp³-hybridized carbons (Fsp3) is 0.130. The number of nitrogens with zero attached hydrogens (tertiary/aromatic N) is 2. The number of hydrogen-bond donors (Lipinski definition) is 2. The number of rotatable bonds is 4. The maximum atomic E-state index is 13.1. The van der Waals surface area contributed by atoms with E-state index in [1.165, 1.54) is 34.8 Å². The number of anilines is 1. The highest BCUT2D eigenvalue weighted by Gasteiger charge is 2.29. The molecule has 162 valence electrons. The Morgan fingerprint density at radius 1 is 1.22 bits per heavy atom. The summed E-state index contributed by atoms with van der Waals surface area (Å²) in [4.78, 5) is 20.9. The first-order chi connectivity index (χ1) is 15.4. The summed E-state index contributed by atoms with van der Waals surface area (Å²) in [5, 5.41) is 15.6. The van der Waals surface area contributed by atoms with Crippen LogP contribution in [0.5, 0.6) is 0 Å². The molecule has 4 aromatic rings. The molecule has 0 saturated heterocycles. The zero-order chi connectivity index (χ0) is 22.4. The van der Waals surface area contributed by atoms with Crippen LogP contribution < -0.4 is 5.32 Å². The lowest BCUT2D eigenvalue weighted by Gasteiger charge is -2.26. The number of aromatic nitrogens is 1. The number of likely N-dealkylation sites (N-methyl/N-ethyl adjacent to an activating group) is 1. The van der Waals surface area contributed by atoms with E-state index in [1.54, 1.807) is 41.6 Å². The van der Waals surface area contributed by atoms with Crippen LogP contribution in [0, 0.1) is 12.7 Å². The van der Waals surface area contributed by atoms with Crippen LogP contribution in [0.4, 0.5) is 9.52 Å². The molecule has 1 amide bonds. The Balaban J connectivity index is 1.36. The van der Waals surface area contributed by atoms with E-state index in [-0.39, 0.29) is 17.3 Å². The number of carbonyl (C=O) groups is 1.